The van der Waals surface area contributed by atoms with Crippen LogP contribution in [0, 0.1) is 0 Å². The third kappa shape index (κ3) is 3.69. The minimum absolute atomic E-state index is 0.0536. The van der Waals surface area contributed by atoms with Gasteiger partial charge in [-0.05, 0) is 24.3 Å². The van der Waals surface area contributed by atoms with Gasteiger partial charge < -0.3 is 4.18 Å². The smallest absolute Gasteiger partial charge is 0.417 e. The number of halogens is 3. The summed E-state index contributed by atoms with van der Waals surface area (Å²) in [6.45, 7) is 0. The van der Waals surface area contributed by atoms with Gasteiger partial charge in [0.05, 0.1) is 0 Å². The van der Waals surface area contributed by atoms with Gasteiger partial charge in [0.1, 0.15) is 12.0 Å². The molecule has 0 fully saturated rings. The van der Waals surface area contributed by atoms with Gasteiger partial charge in [0.2, 0.25) is 0 Å². The van der Waals surface area contributed by atoms with Crippen molar-refractivity contribution < 1.29 is 22.1 Å². The van der Waals surface area contributed by atoms with Crippen molar-refractivity contribution in [3.05, 3.63) is 29.8 Å². The molecular weight excluding hydrogens is 217 g/mol. The van der Waals surface area contributed by atoms with Gasteiger partial charge in [-0.2, -0.15) is 13.2 Å². The van der Waals surface area contributed by atoms with E-state index in [1.807, 2.05) is 0 Å². The van der Waals surface area contributed by atoms with E-state index in [9.17, 15) is 18.0 Å². The standard InChI is InChI=1S/C8H5F3O2S/c9-8(10,11)14-13-7-3-1-6(5-12)2-4-7/h1-5H. The summed E-state index contributed by atoms with van der Waals surface area (Å²) in [6, 6.07) is 5.34. The van der Waals surface area contributed by atoms with Crippen LogP contribution in [0.2, 0.25) is 0 Å². The fourth-order valence-corrected chi connectivity index (χ4v) is 0.999. The van der Waals surface area contributed by atoms with Crippen molar-refractivity contribution in [2.24, 2.45) is 0 Å². The molecule has 76 valence electrons. The maximum absolute atomic E-state index is 11.7. The van der Waals surface area contributed by atoms with Crippen LogP contribution in [0.1, 0.15) is 10.4 Å². The SMILES string of the molecule is O=Cc1ccc(OSC(F)(F)F)cc1. The summed E-state index contributed by atoms with van der Waals surface area (Å²) in [6.07, 6.45) is 0.598. The van der Waals surface area contributed by atoms with Crippen molar-refractivity contribution >= 4 is 18.3 Å². The number of aldehydes is 1. The van der Waals surface area contributed by atoms with E-state index in [-0.39, 0.29) is 5.75 Å². The maximum Gasteiger partial charge on any atom is 0.479 e. The summed E-state index contributed by atoms with van der Waals surface area (Å²) in [7, 11) is 0. The number of hydrogen-bond donors (Lipinski definition) is 0. The molecule has 1 aromatic carbocycles. The van der Waals surface area contributed by atoms with Crippen molar-refractivity contribution in [3.8, 4) is 5.75 Å². The zero-order valence-electron chi connectivity index (χ0n) is 6.75. The molecule has 6 heteroatoms. The van der Waals surface area contributed by atoms with Crippen molar-refractivity contribution in [1.82, 2.24) is 0 Å². The lowest BCUT2D eigenvalue weighted by atomic mass is 10.2. The number of alkyl halides is 3. The molecule has 0 aromatic heterocycles. The van der Waals surface area contributed by atoms with E-state index >= 15 is 0 Å². The molecule has 0 atom stereocenters. The first-order valence-electron chi connectivity index (χ1n) is 3.49. The van der Waals surface area contributed by atoms with Gasteiger partial charge in [0.25, 0.3) is 0 Å². The van der Waals surface area contributed by atoms with Crippen LogP contribution in [0.25, 0.3) is 0 Å². The Hall–Kier alpha value is -1.17. The Bertz CT molecular complexity index is 307. The highest BCUT2D eigenvalue weighted by Crippen LogP contribution is 2.32. The predicted molar refractivity (Wildman–Crippen MR) is 46.1 cm³/mol. The molecule has 0 saturated carbocycles. The van der Waals surface area contributed by atoms with Crippen LogP contribution < -0.4 is 4.18 Å². The molecule has 1 aromatic rings. The second-order valence-electron chi connectivity index (χ2n) is 2.30. The Balaban J connectivity index is 2.56. The normalized spacial score (nSPS) is 11.1. The highest BCUT2D eigenvalue weighted by Gasteiger charge is 2.31. The topological polar surface area (TPSA) is 26.3 Å². The van der Waals surface area contributed by atoms with Crippen molar-refractivity contribution in [2.45, 2.75) is 5.51 Å². The number of carbonyl (C=O) groups is 1. The molecule has 2 nitrogen and oxygen atoms in total. The average molecular weight is 222 g/mol. The second-order valence-corrected chi connectivity index (χ2v) is 3.10. The summed E-state index contributed by atoms with van der Waals surface area (Å²) in [5.41, 5.74) is -4.04. The van der Waals surface area contributed by atoms with Crippen molar-refractivity contribution in [1.29, 1.82) is 0 Å². The fraction of sp³-hybridized carbons (Fsp3) is 0.125. The summed E-state index contributed by atoms with van der Waals surface area (Å²) in [5, 5.41) is 0. The quantitative estimate of drug-likeness (QED) is 0.580. The monoisotopic (exact) mass is 222 g/mol. The molecule has 0 N–H and O–H groups in total. The van der Waals surface area contributed by atoms with Gasteiger partial charge in [-0.15, -0.1) is 0 Å². The van der Waals surface area contributed by atoms with E-state index in [2.05, 4.69) is 4.18 Å². The average Bonchev–Trinajstić information content (AvgIpc) is 2.14. The molecule has 0 spiro atoms. The van der Waals surface area contributed by atoms with E-state index in [4.69, 9.17) is 0 Å². The van der Waals surface area contributed by atoms with E-state index in [1.165, 1.54) is 24.3 Å². The molecule has 0 aliphatic rings. The molecule has 0 aliphatic carbocycles. The molecule has 0 bridgehead atoms. The van der Waals surface area contributed by atoms with Crippen LogP contribution >= 0.6 is 12.0 Å². The van der Waals surface area contributed by atoms with Gasteiger partial charge >= 0.3 is 5.51 Å². The van der Waals surface area contributed by atoms with Gasteiger partial charge in [0.15, 0.2) is 12.0 Å². The third-order valence-electron chi connectivity index (χ3n) is 1.25. The Morgan fingerprint density at radius 1 is 1.21 bits per heavy atom. The zero-order chi connectivity index (χ0) is 10.6. The largest absolute Gasteiger partial charge is 0.479 e. The van der Waals surface area contributed by atoms with Crippen LogP contribution in [-0.4, -0.2) is 11.8 Å². The lowest BCUT2D eigenvalue weighted by Crippen LogP contribution is -2.02. The molecular formula is C8H5F3O2S. The van der Waals surface area contributed by atoms with Crippen LogP contribution in [0.3, 0.4) is 0 Å². The molecule has 0 heterocycles. The number of rotatable bonds is 3. The van der Waals surface area contributed by atoms with Gasteiger partial charge in [0, 0.05) is 5.56 Å². The maximum atomic E-state index is 11.7. The highest BCUT2D eigenvalue weighted by molar-refractivity contribution is 7.95. The zero-order valence-corrected chi connectivity index (χ0v) is 7.56. The van der Waals surface area contributed by atoms with E-state index in [1.54, 1.807) is 0 Å². The molecule has 1 rings (SSSR count). The van der Waals surface area contributed by atoms with E-state index < -0.39 is 17.6 Å². The molecule has 0 unspecified atom stereocenters. The molecule has 14 heavy (non-hydrogen) atoms. The number of benzene rings is 1. The van der Waals surface area contributed by atoms with Crippen LogP contribution in [0.15, 0.2) is 24.3 Å². The molecule has 0 amide bonds. The minimum Gasteiger partial charge on any atom is -0.417 e. The predicted octanol–water partition coefficient (Wildman–Crippen LogP) is 3.05. The first-order chi connectivity index (χ1) is 6.51. The lowest BCUT2D eigenvalue weighted by Gasteiger charge is -2.05. The summed E-state index contributed by atoms with van der Waals surface area (Å²) >= 11 is -0.588. The minimum atomic E-state index is -4.43. The second kappa shape index (κ2) is 4.36. The number of hydrogen-bond acceptors (Lipinski definition) is 3. The van der Waals surface area contributed by atoms with Crippen LogP contribution in [-0.2, 0) is 0 Å². The number of carbonyl (C=O) groups excluding carboxylic acids is 1. The first-order valence-corrected chi connectivity index (χ1v) is 4.23. The Morgan fingerprint density at radius 3 is 2.21 bits per heavy atom. The van der Waals surface area contributed by atoms with Crippen LogP contribution in [0.5, 0.6) is 5.75 Å². The van der Waals surface area contributed by atoms with E-state index in [0.29, 0.717) is 11.8 Å². The summed E-state index contributed by atoms with van der Waals surface area (Å²) in [4.78, 5) is 10.2. The summed E-state index contributed by atoms with van der Waals surface area (Å²) in [5.74, 6) is 0.0536. The highest BCUT2D eigenvalue weighted by atomic mass is 32.2. The Morgan fingerprint density at radius 2 is 1.79 bits per heavy atom. The van der Waals surface area contributed by atoms with Gasteiger partial charge in [-0.25, -0.2) is 0 Å². The third-order valence-corrected chi connectivity index (χ3v) is 1.71. The lowest BCUT2D eigenvalue weighted by molar-refractivity contribution is -0.0369. The van der Waals surface area contributed by atoms with Gasteiger partial charge in [-0.3, -0.25) is 4.79 Å². The van der Waals surface area contributed by atoms with E-state index in [0.717, 1.165) is 0 Å². The molecule has 0 radical (unpaired) electrons. The van der Waals surface area contributed by atoms with Crippen LogP contribution in [0.4, 0.5) is 13.2 Å². The van der Waals surface area contributed by atoms with Crippen molar-refractivity contribution in [3.63, 3.8) is 0 Å². The Labute approximate surface area is 82.3 Å². The molecule has 0 saturated heterocycles. The summed E-state index contributed by atoms with van der Waals surface area (Å²) < 4.78 is 39.4. The van der Waals surface area contributed by atoms with Crippen molar-refractivity contribution in [2.75, 3.05) is 0 Å². The first kappa shape index (κ1) is 10.9. The Kier molecular flexibility index (Phi) is 3.40. The fourth-order valence-electron chi connectivity index (χ4n) is 0.697. The van der Waals surface area contributed by atoms with Gasteiger partial charge in [-0.1, -0.05) is 0 Å². The molecule has 0 aliphatic heterocycles.